The van der Waals surface area contributed by atoms with Crippen LogP contribution in [0, 0.1) is 6.92 Å². The second-order valence-corrected chi connectivity index (χ2v) is 3.04. The fourth-order valence-electron chi connectivity index (χ4n) is 1.04. The molecule has 0 heterocycles. The number of anilines is 1. The fraction of sp³-hybridized carbons (Fsp3) is 0.200. The molecule has 1 rings (SSSR count). The molecule has 0 amide bonds. The number of nitrogens with zero attached hydrogens (tertiary/aromatic N) is 1. The fourth-order valence-corrected chi connectivity index (χ4v) is 1.04. The quantitative estimate of drug-likeness (QED) is 0.505. The summed E-state index contributed by atoms with van der Waals surface area (Å²) in [5.41, 5.74) is 7.34. The molecule has 0 aliphatic carbocycles. The molecule has 1 aromatic carbocycles. The van der Waals surface area contributed by atoms with Crippen LogP contribution >= 0.6 is 0 Å². The molecule has 1 aromatic rings. The molecule has 0 saturated carbocycles. The smallest absolute Gasteiger partial charge is 0.325 e. The first-order valence-electron chi connectivity index (χ1n) is 4.44. The van der Waals surface area contributed by atoms with Crippen LogP contribution in [0.5, 0.6) is 0 Å². The number of carboxylic acid groups (broad SMARTS) is 1. The van der Waals surface area contributed by atoms with Crippen LogP contribution in [0.4, 0.5) is 5.69 Å². The number of rotatable bonds is 3. The maximum absolute atomic E-state index is 10.2. The van der Waals surface area contributed by atoms with Crippen LogP contribution in [0.25, 0.3) is 0 Å². The molecule has 5 nitrogen and oxygen atoms in total. The molecule has 0 saturated heterocycles. The third kappa shape index (κ3) is 3.68. The minimum atomic E-state index is -1.01. The average molecular weight is 207 g/mol. The Balaban J connectivity index is 2.66. The normalized spacial score (nSPS) is 11.1. The predicted octanol–water partition coefficient (Wildman–Crippen LogP) is 0.806. The van der Waals surface area contributed by atoms with Crippen LogP contribution in [-0.2, 0) is 4.79 Å². The van der Waals surface area contributed by atoms with Crippen molar-refractivity contribution in [2.75, 3.05) is 11.9 Å². The second kappa shape index (κ2) is 4.99. The number of guanidine groups is 1. The van der Waals surface area contributed by atoms with Gasteiger partial charge in [-0.1, -0.05) is 18.2 Å². The monoisotopic (exact) mass is 207 g/mol. The van der Waals surface area contributed by atoms with E-state index in [1.807, 2.05) is 31.2 Å². The number of para-hydroxylation sites is 1. The van der Waals surface area contributed by atoms with Gasteiger partial charge in [0.15, 0.2) is 5.96 Å². The van der Waals surface area contributed by atoms with Crippen molar-refractivity contribution in [1.82, 2.24) is 0 Å². The lowest BCUT2D eigenvalue weighted by atomic mass is 10.2. The van der Waals surface area contributed by atoms with Gasteiger partial charge in [0, 0.05) is 5.69 Å². The van der Waals surface area contributed by atoms with Crippen LogP contribution in [0.2, 0.25) is 0 Å². The van der Waals surface area contributed by atoms with Crippen LogP contribution in [0.3, 0.4) is 0 Å². The summed E-state index contributed by atoms with van der Waals surface area (Å²) in [7, 11) is 0. The number of aryl methyl sites for hydroxylation is 1. The Bertz CT molecular complexity index is 388. The van der Waals surface area contributed by atoms with Gasteiger partial charge in [0.2, 0.25) is 0 Å². The first-order valence-corrected chi connectivity index (χ1v) is 4.44. The zero-order valence-corrected chi connectivity index (χ0v) is 8.40. The summed E-state index contributed by atoms with van der Waals surface area (Å²) in [5, 5.41) is 11.2. The Kier molecular flexibility index (Phi) is 3.68. The standard InChI is InChI=1S/C10H13N3O2/c1-7-4-2-3-5-8(7)13-10(11)12-6-9(14)15/h2-5H,6H2,1H3,(H,14,15)(H3,11,12,13). The molecule has 5 heteroatoms. The molecule has 0 aromatic heterocycles. The number of benzene rings is 1. The van der Waals surface area contributed by atoms with Crippen molar-refractivity contribution in [3.63, 3.8) is 0 Å². The number of aliphatic imine (C=N–C) groups is 1. The summed E-state index contributed by atoms with van der Waals surface area (Å²) < 4.78 is 0. The van der Waals surface area contributed by atoms with E-state index in [1.54, 1.807) is 0 Å². The summed E-state index contributed by atoms with van der Waals surface area (Å²) in [5.74, 6) is -0.906. The van der Waals surface area contributed by atoms with E-state index in [1.165, 1.54) is 0 Å². The number of nitrogens with one attached hydrogen (secondary N) is 1. The molecule has 0 atom stereocenters. The molecule has 4 N–H and O–H groups in total. The van der Waals surface area contributed by atoms with Gasteiger partial charge in [-0.25, -0.2) is 4.99 Å². The van der Waals surface area contributed by atoms with E-state index in [2.05, 4.69) is 10.3 Å². The van der Waals surface area contributed by atoms with Crippen LogP contribution in [-0.4, -0.2) is 23.6 Å². The van der Waals surface area contributed by atoms with Gasteiger partial charge in [-0.05, 0) is 18.6 Å². The van der Waals surface area contributed by atoms with Crippen LogP contribution < -0.4 is 11.1 Å². The summed E-state index contributed by atoms with van der Waals surface area (Å²) in [6, 6.07) is 7.54. The molecule has 0 fully saturated rings. The van der Waals surface area contributed by atoms with Gasteiger partial charge in [-0.2, -0.15) is 0 Å². The maximum Gasteiger partial charge on any atom is 0.325 e. The lowest BCUT2D eigenvalue weighted by Gasteiger charge is -2.07. The summed E-state index contributed by atoms with van der Waals surface area (Å²) in [6.07, 6.45) is 0. The van der Waals surface area contributed by atoms with Crippen molar-refractivity contribution in [2.24, 2.45) is 10.7 Å². The largest absolute Gasteiger partial charge is 0.480 e. The number of aliphatic carboxylic acids is 1. The van der Waals surface area contributed by atoms with Gasteiger partial charge in [0.25, 0.3) is 0 Å². The Hall–Kier alpha value is -2.04. The molecule has 0 unspecified atom stereocenters. The lowest BCUT2D eigenvalue weighted by molar-refractivity contribution is -0.135. The SMILES string of the molecule is Cc1ccccc1NC(N)=NCC(=O)O. The third-order valence-electron chi connectivity index (χ3n) is 1.79. The molecule has 80 valence electrons. The topological polar surface area (TPSA) is 87.7 Å². The zero-order valence-electron chi connectivity index (χ0n) is 8.40. The van der Waals surface area contributed by atoms with E-state index in [-0.39, 0.29) is 12.5 Å². The van der Waals surface area contributed by atoms with Crippen molar-refractivity contribution < 1.29 is 9.90 Å². The van der Waals surface area contributed by atoms with E-state index in [0.29, 0.717) is 0 Å². The third-order valence-corrected chi connectivity index (χ3v) is 1.79. The van der Waals surface area contributed by atoms with E-state index in [9.17, 15) is 4.79 Å². The minimum absolute atomic E-state index is 0.103. The van der Waals surface area contributed by atoms with Crippen molar-refractivity contribution >= 4 is 17.6 Å². The van der Waals surface area contributed by atoms with Gasteiger partial charge >= 0.3 is 5.97 Å². The highest BCUT2D eigenvalue weighted by Gasteiger charge is 1.99. The number of nitrogens with two attached hydrogens (primary N) is 1. The van der Waals surface area contributed by atoms with Crippen molar-refractivity contribution in [3.05, 3.63) is 29.8 Å². The molecule has 0 aliphatic rings. The Morgan fingerprint density at radius 2 is 2.20 bits per heavy atom. The minimum Gasteiger partial charge on any atom is -0.480 e. The molecule has 15 heavy (non-hydrogen) atoms. The van der Waals surface area contributed by atoms with Gasteiger partial charge < -0.3 is 16.2 Å². The van der Waals surface area contributed by atoms with Crippen LogP contribution in [0.15, 0.2) is 29.3 Å². The van der Waals surface area contributed by atoms with E-state index < -0.39 is 5.97 Å². The van der Waals surface area contributed by atoms with Crippen LogP contribution in [0.1, 0.15) is 5.56 Å². The van der Waals surface area contributed by atoms with Crippen molar-refractivity contribution in [1.29, 1.82) is 0 Å². The van der Waals surface area contributed by atoms with Gasteiger partial charge in [-0.3, -0.25) is 4.79 Å². The molecular formula is C10H13N3O2. The van der Waals surface area contributed by atoms with Crippen molar-refractivity contribution in [2.45, 2.75) is 6.92 Å². The molecular weight excluding hydrogens is 194 g/mol. The number of carboxylic acids is 1. The van der Waals surface area contributed by atoms with Gasteiger partial charge in [-0.15, -0.1) is 0 Å². The van der Waals surface area contributed by atoms with E-state index in [4.69, 9.17) is 10.8 Å². The highest BCUT2D eigenvalue weighted by Crippen LogP contribution is 2.12. The van der Waals surface area contributed by atoms with E-state index >= 15 is 0 Å². The first-order chi connectivity index (χ1) is 7.09. The number of hydrogen-bond donors (Lipinski definition) is 3. The maximum atomic E-state index is 10.2. The summed E-state index contributed by atoms with van der Waals surface area (Å²) in [6.45, 7) is 1.59. The summed E-state index contributed by atoms with van der Waals surface area (Å²) in [4.78, 5) is 13.9. The Morgan fingerprint density at radius 1 is 1.53 bits per heavy atom. The molecule has 0 bridgehead atoms. The second-order valence-electron chi connectivity index (χ2n) is 3.04. The molecule has 0 spiro atoms. The molecule has 0 radical (unpaired) electrons. The first kappa shape index (κ1) is 11.0. The Labute approximate surface area is 87.6 Å². The predicted molar refractivity (Wildman–Crippen MR) is 58.9 cm³/mol. The lowest BCUT2D eigenvalue weighted by Crippen LogP contribution is -2.24. The van der Waals surface area contributed by atoms with Gasteiger partial charge in [0.05, 0.1) is 0 Å². The van der Waals surface area contributed by atoms with Gasteiger partial charge in [0.1, 0.15) is 6.54 Å². The molecule has 0 aliphatic heterocycles. The summed E-state index contributed by atoms with van der Waals surface area (Å²) >= 11 is 0. The van der Waals surface area contributed by atoms with E-state index in [0.717, 1.165) is 11.3 Å². The van der Waals surface area contributed by atoms with Crippen molar-refractivity contribution in [3.8, 4) is 0 Å². The highest BCUT2D eigenvalue weighted by molar-refractivity contribution is 5.93. The highest BCUT2D eigenvalue weighted by atomic mass is 16.4. The zero-order chi connectivity index (χ0) is 11.3. The average Bonchev–Trinajstić information content (AvgIpc) is 2.18. The Morgan fingerprint density at radius 3 is 2.80 bits per heavy atom. The number of hydrogen-bond acceptors (Lipinski definition) is 2. The number of carbonyl (C=O) groups is 1.